The first-order chi connectivity index (χ1) is 11.6. The van der Waals surface area contributed by atoms with Crippen molar-refractivity contribution in [2.75, 3.05) is 26.2 Å². The Morgan fingerprint density at radius 1 is 1.33 bits per heavy atom. The van der Waals surface area contributed by atoms with Gasteiger partial charge in [-0.05, 0) is 37.1 Å². The van der Waals surface area contributed by atoms with Crippen molar-refractivity contribution < 1.29 is 9.59 Å². The molecule has 1 fully saturated rings. The molecule has 0 radical (unpaired) electrons. The predicted molar refractivity (Wildman–Crippen MR) is 99.3 cm³/mol. The van der Waals surface area contributed by atoms with Gasteiger partial charge in [0.2, 0.25) is 5.91 Å². The van der Waals surface area contributed by atoms with E-state index in [1.54, 1.807) is 0 Å². The van der Waals surface area contributed by atoms with Gasteiger partial charge in [-0.15, -0.1) is 11.3 Å². The summed E-state index contributed by atoms with van der Waals surface area (Å²) in [4.78, 5) is 30.1. The monoisotopic (exact) mass is 350 g/mol. The molecular weight excluding hydrogens is 320 g/mol. The average molecular weight is 351 g/mol. The Balaban J connectivity index is 1.99. The molecule has 1 atom stereocenters. The van der Waals surface area contributed by atoms with E-state index >= 15 is 0 Å². The molecule has 1 aliphatic rings. The van der Waals surface area contributed by atoms with Gasteiger partial charge in [0.15, 0.2) is 0 Å². The van der Waals surface area contributed by atoms with Gasteiger partial charge >= 0.3 is 0 Å². The summed E-state index contributed by atoms with van der Waals surface area (Å²) in [6.45, 7) is 9.36. The van der Waals surface area contributed by atoms with Crippen molar-refractivity contribution >= 4 is 23.2 Å². The van der Waals surface area contributed by atoms with E-state index < -0.39 is 0 Å². The molecule has 1 saturated heterocycles. The Kier molecular flexibility index (Phi) is 7.28. The zero-order valence-corrected chi connectivity index (χ0v) is 16.0. The highest BCUT2D eigenvalue weighted by Gasteiger charge is 2.31. The number of thiophene rings is 1. The Labute approximate surface area is 149 Å². The smallest absolute Gasteiger partial charge is 0.263 e. The highest BCUT2D eigenvalue weighted by atomic mass is 32.1. The Bertz CT molecular complexity index is 525. The largest absolute Gasteiger partial charge is 0.342 e. The second-order valence-electron chi connectivity index (χ2n) is 6.63. The minimum atomic E-state index is -0.0445. The molecule has 0 bridgehead atoms. The predicted octanol–water partition coefficient (Wildman–Crippen LogP) is 3.89. The molecule has 4 nitrogen and oxygen atoms in total. The van der Waals surface area contributed by atoms with Gasteiger partial charge in [-0.3, -0.25) is 9.59 Å². The number of piperidine rings is 1. The first kappa shape index (κ1) is 19.0. The third-order valence-electron chi connectivity index (χ3n) is 5.12. The molecule has 2 amide bonds. The molecule has 1 aromatic rings. The molecule has 24 heavy (non-hydrogen) atoms. The highest BCUT2D eigenvalue weighted by molar-refractivity contribution is 7.12. The van der Waals surface area contributed by atoms with Crippen molar-refractivity contribution in [1.29, 1.82) is 0 Å². The second-order valence-corrected chi connectivity index (χ2v) is 7.57. The van der Waals surface area contributed by atoms with E-state index in [0.717, 1.165) is 50.2 Å². The van der Waals surface area contributed by atoms with Gasteiger partial charge in [0.25, 0.3) is 5.91 Å². The topological polar surface area (TPSA) is 40.6 Å². The van der Waals surface area contributed by atoms with Crippen LogP contribution in [0.2, 0.25) is 0 Å². The second kappa shape index (κ2) is 9.21. The van der Waals surface area contributed by atoms with Gasteiger partial charge in [0, 0.05) is 26.2 Å². The van der Waals surface area contributed by atoms with Crippen LogP contribution in [-0.4, -0.2) is 47.8 Å². The number of hydrogen-bond acceptors (Lipinski definition) is 3. The van der Waals surface area contributed by atoms with Crippen molar-refractivity contribution in [3.05, 3.63) is 22.4 Å². The van der Waals surface area contributed by atoms with Gasteiger partial charge < -0.3 is 9.80 Å². The van der Waals surface area contributed by atoms with Gasteiger partial charge in [-0.25, -0.2) is 0 Å². The van der Waals surface area contributed by atoms with Crippen LogP contribution < -0.4 is 0 Å². The van der Waals surface area contributed by atoms with Gasteiger partial charge in [0.05, 0.1) is 10.8 Å². The van der Waals surface area contributed by atoms with Crippen molar-refractivity contribution in [3.63, 3.8) is 0 Å². The highest BCUT2D eigenvalue weighted by Crippen LogP contribution is 2.23. The minimum Gasteiger partial charge on any atom is -0.342 e. The molecule has 1 aromatic heterocycles. The van der Waals surface area contributed by atoms with E-state index in [1.165, 1.54) is 11.3 Å². The third kappa shape index (κ3) is 4.59. The van der Waals surface area contributed by atoms with Crippen LogP contribution in [-0.2, 0) is 4.79 Å². The first-order valence-corrected chi connectivity index (χ1v) is 10.1. The molecule has 2 heterocycles. The summed E-state index contributed by atoms with van der Waals surface area (Å²) >= 11 is 1.47. The normalized spacial score (nSPS) is 18.0. The van der Waals surface area contributed by atoms with Crippen molar-refractivity contribution in [3.8, 4) is 0 Å². The number of rotatable bonds is 7. The quantitative estimate of drug-likeness (QED) is 0.748. The standard InChI is InChI=1S/C19H30N2O2S/c1-4-15(5-2)13-20(6-3)18(22)16-9-7-11-21(14-16)19(23)17-10-8-12-24-17/h8,10,12,15-16H,4-7,9,11,13-14H2,1-3H3. The lowest BCUT2D eigenvalue weighted by Crippen LogP contribution is -2.47. The lowest BCUT2D eigenvalue weighted by molar-refractivity contribution is -0.137. The van der Waals surface area contributed by atoms with Gasteiger partial charge in [0.1, 0.15) is 0 Å². The minimum absolute atomic E-state index is 0.0445. The summed E-state index contributed by atoms with van der Waals surface area (Å²) in [6, 6.07) is 3.77. The van der Waals surface area contributed by atoms with E-state index in [4.69, 9.17) is 0 Å². The van der Waals surface area contributed by atoms with Crippen LogP contribution in [0.4, 0.5) is 0 Å². The molecule has 5 heteroatoms. The molecule has 134 valence electrons. The van der Waals surface area contributed by atoms with Crippen LogP contribution in [0.1, 0.15) is 56.1 Å². The molecule has 1 unspecified atom stereocenters. The number of hydrogen-bond donors (Lipinski definition) is 0. The molecule has 0 spiro atoms. The molecular formula is C19H30N2O2S. The number of likely N-dealkylation sites (tertiary alicyclic amines) is 1. The first-order valence-electron chi connectivity index (χ1n) is 9.22. The average Bonchev–Trinajstić information content (AvgIpc) is 3.16. The maximum absolute atomic E-state index is 12.9. The molecule has 0 N–H and O–H groups in total. The van der Waals surface area contributed by atoms with Crippen LogP contribution >= 0.6 is 11.3 Å². The van der Waals surface area contributed by atoms with E-state index in [9.17, 15) is 9.59 Å². The molecule has 0 aromatic carbocycles. The number of carbonyl (C=O) groups is 2. The Morgan fingerprint density at radius 2 is 2.08 bits per heavy atom. The van der Waals surface area contributed by atoms with Crippen molar-refractivity contribution in [2.45, 2.75) is 46.5 Å². The fourth-order valence-electron chi connectivity index (χ4n) is 3.41. The summed E-state index contributed by atoms with van der Waals surface area (Å²) in [5.74, 6) is 0.830. The van der Waals surface area contributed by atoms with Gasteiger partial charge in [-0.2, -0.15) is 0 Å². The van der Waals surface area contributed by atoms with Crippen LogP contribution in [0, 0.1) is 11.8 Å². The van der Waals surface area contributed by atoms with E-state index in [2.05, 4.69) is 20.8 Å². The van der Waals surface area contributed by atoms with E-state index in [1.807, 2.05) is 27.3 Å². The van der Waals surface area contributed by atoms with Crippen molar-refractivity contribution in [2.24, 2.45) is 11.8 Å². The molecule has 1 aliphatic heterocycles. The zero-order valence-electron chi connectivity index (χ0n) is 15.2. The van der Waals surface area contributed by atoms with Crippen LogP contribution in [0.15, 0.2) is 17.5 Å². The third-order valence-corrected chi connectivity index (χ3v) is 5.97. The summed E-state index contributed by atoms with van der Waals surface area (Å²) in [5, 5.41) is 1.92. The SMILES string of the molecule is CCC(CC)CN(CC)C(=O)C1CCCN(C(=O)c2cccs2)C1. The fraction of sp³-hybridized carbons (Fsp3) is 0.684. The van der Waals surface area contributed by atoms with E-state index in [0.29, 0.717) is 12.5 Å². The molecule has 0 aliphatic carbocycles. The fourth-order valence-corrected chi connectivity index (χ4v) is 4.10. The molecule has 0 saturated carbocycles. The zero-order chi connectivity index (χ0) is 17.5. The van der Waals surface area contributed by atoms with Crippen molar-refractivity contribution in [1.82, 2.24) is 9.80 Å². The summed E-state index contributed by atoms with van der Waals surface area (Å²) in [6.07, 6.45) is 4.02. The maximum Gasteiger partial charge on any atom is 0.263 e. The summed E-state index contributed by atoms with van der Waals surface area (Å²) < 4.78 is 0. The lowest BCUT2D eigenvalue weighted by atomic mass is 9.95. The van der Waals surface area contributed by atoms with Crippen LogP contribution in [0.5, 0.6) is 0 Å². The molecule has 2 rings (SSSR count). The van der Waals surface area contributed by atoms with Crippen LogP contribution in [0.25, 0.3) is 0 Å². The summed E-state index contributed by atoms with van der Waals surface area (Å²) in [5.41, 5.74) is 0. The van der Waals surface area contributed by atoms with Crippen LogP contribution in [0.3, 0.4) is 0 Å². The maximum atomic E-state index is 12.9. The van der Waals surface area contributed by atoms with Gasteiger partial charge in [-0.1, -0.05) is 32.8 Å². The number of nitrogens with zero attached hydrogens (tertiary/aromatic N) is 2. The lowest BCUT2D eigenvalue weighted by Gasteiger charge is -2.35. The summed E-state index contributed by atoms with van der Waals surface area (Å²) in [7, 11) is 0. The number of carbonyl (C=O) groups excluding carboxylic acids is 2. The number of amides is 2. The Morgan fingerprint density at radius 3 is 2.67 bits per heavy atom. The van der Waals surface area contributed by atoms with E-state index in [-0.39, 0.29) is 17.7 Å². The Hall–Kier alpha value is -1.36.